The Morgan fingerprint density at radius 3 is 2.47 bits per heavy atom. The summed E-state index contributed by atoms with van der Waals surface area (Å²) in [5.41, 5.74) is 5.63. The molecule has 0 spiro atoms. The molecule has 1 amide bonds. The highest BCUT2D eigenvalue weighted by atomic mass is 32.1. The number of carbonyl (C=O) groups excluding carboxylic acids is 1. The van der Waals surface area contributed by atoms with E-state index in [-0.39, 0.29) is 22.7 Å². The summed E-state index contributed by atoms with van der Waals surface area (Å²) < 4.78 is 0. The number of nitrogens with two attached hydrogens (primary N) is 1. The van der Waals surface area contributed by atoms with Gasteiger partial charge in [0.05, 0.1) is 10.9 Å². The molecule has 0 heterocycles. The lowest BCUT2D eigenvalue weighted by Gasteiger charge is -2.25. The molecule has 5 heteroatoms. The van der Waals surface area contributed by atoms with Crippen LogP contribution in [0.15, 0.2) is 0 Å². The largest absolute Gasteiger partial charge is 0.393 e. The van der Waals surface area contributed by atoms with Gasteiger partial charge in [0.2, 0.25) is 5.91 Å². The van der Waals surface area contributed by atoms with E-state index < -0.39 is 0 Å². The summed E-state index contributed by atoms with van der Waals surface area (Å²) in [6.45, 7) is 5.48. The molecule has 0 bridgehead atoms. The van der Waals surface area contributed by atoms with Gasteiger partial charge in [-0.1, -0.05) is 38.9 Å². The second kappa shape index (κ2) is 7.80. The maximum atomic E-state index is 12.0. The fraction of sp³-hybridized carbons (Fsp3) is 0.857. The zero-order valence-electron chi connectivity index (χ0n) is 12.3. The molecule has 1 atom stereocenters. The number of rotatable bonds is 7. The van der Waals surface area contributed by atoms with Crippen LogP contribution < -0.4 is 11.1 Å². The van der Waals surface area contributed by atoms with E-state index >= 15 is 0 Å². The van der Waals surface area contributed by atoms with Crippen molar-refractivity contribution in [1.29, 1.82) is 0 Å². The van der Waals surface area contributed by atoms with E-state index in [4.69, 9.17) is 18.0 Å². The first kappa shape index (κ1) is 16.4. The molecule has 4 nitrogen and oxygen atoms in total. The van der Waals surface area contributed by atoms with Gasteiger partial charge in [0.15, 0.2) is 0 Å². The molecule has 1 rings (SSSR count). The topological polar surface area (TPSA) is 58.4 Å². The Morgan fingerprint density at radius 2 is 2.00 bits per heavy atom. The molecule has 110 valence electrons. The van der Waals surface area contributed by atoms with Crippen molar-refractivity contribution >= 4 is 23.1 Å². The third-order valence-corrected chi connectivity index (χ3v) is 4.22. The van der Waals surface area contributed by atoms with Crippen molar-refractivity contribution in [3.8, 4) is 0 Å². The van der Waals surface area contributed by atoms with Crippen LogP contribution in [-0.4, -0.2) is 42.0 Å². The highest BCUT2D eigenvalue weighted by Gasteiger charge is 2.25. The highest BCUT2D eigenvalue weighted by Crippen LogP contribution is 2.21. The van der Waals surface area contributed by atoms with Crippen LogP contribution in [0.25, 0.3) is 0 Å². The highest BCUT2D eigenvalue weighted by molar-refractivity contribution is 7.80. The first-order valence-corrected chi connectivity index (χ1v) is 7.61. The van der Waals surface area contributed by atoms with E-state index in [1.807, 2.05) is 13.8 Å². The molecular formula is C14H27N3OS. The fourth-order valence-corrected chi connectivity index (χ4v) is 3.13. The number of hydrogen-bond acceptors (Lipinski definition) is 3. The Balaban J connectivity index is 2.31. The van der Waals surface area contributed by atoms with Crippen LogP contribution in [0.1, 0.15) is 39.5 Å². The van der Waals surface area contributed by atoms with E-state index in [2.05, 4.69) is 17.3 Å². The molecule has 1 aliphatic carbocycles. The van der Waals surface area contributed by atoms with Crippen molar-refractivity contribution in [2.24, 2.45) is 17.6 Å². The lowest BCUT2D eigenvalue weighted by atomic mass is 9.95. The van der Waals surface area contributed by atoms with E-state index in [9.17, 15) is 4.79 Å². The first-order valence-electron chi connectivity index (χ1n) is 7.20. The molecule has 1 aliphatic rings. The van der Waals surface area contributed by atoms with Gasteiger partial charge in [-0.2, -0.15) is 0 Å². The Bertz CT molecular complexity index is 314. The molecule has 1 fully saturated rings. The summed E-state index contributed by atoms with van der Waals surface area (Å²) in [7, 11) is 2.13. The summed E-state index contributed by atoms with van der Waals surface area (Å²) in [4.78, 5) is 14.7. The van der Waals surface area contributed by atoms with Crippen LogP contribution >= 0.6 is 12.2 Å². The van der Waals surface area contributed by atoms with Gasteiger partial charge in [-0.25, -0.2) is 0 Å². The van der Waals surface area contributed by atoms with Crippen LogP contribution in [0.2, 0.25) is 0 Å². The molecule has 0 aromatic carbocycles. The lowest BCUT2D eigenvalue weighted by Crippen LogP contribution is -2.44. The Hall–Kier alpha value is -0.680. The summed E-state index contributed by atoms with van der Waals surface area (Å²) in [6.07, 6.45) is 5.23. The number of carbonyl (C=O) groups is 1. The first-order chi connectivity index (χ1) is 8.93. The number of hydrogen-bond donors (Lipinski definition) is 2. The van der Waals surface area contributed by atoms with E-state index in [1.165, 1.54) is 25.7 Å². The van der Waals surface area contributed by atoms with Gasteiger partial charge >= 0.3 is 0 Å². The molecular weight excluding hydrogens is 258 g/mol. The van der Waals surface area contributed by atoms with Crippen LogP contribution in [0, 0.1) is 11.8 Å². The molecule has 0 aromatic heterocycles. The predicted octanol–water partition coefficient (Wildman–Crippen LogP) is 1.54. The summed E-state index contributed by atoms with van der Waals surface area (Å²) >= 11 is 4.97. The minimum absolute atomic E-state index is 0.0395. The van der Waals surface area contributed by atoms with Crippen molar-refractivity contribution in [2.75, 3.05) is 20.1 Å². The zero-order valence-corrected chi connectivity index (χ0v) is 13.1. The third kappa shape index (κ3) is 5.07. The molecule has 3 N–H and O–H groups in total. The Labute approximate surface area is 122 Å². The molecule has 0 aromatic rings. The Kier molecular flexibility index (Phi) is 6.72. The molecule has 1 saturated carbocycles. The van der Waals surface area contributed by atoms with E-state index in [0.717, 1.165) is 6.54 Å². The van der Waals surface area contributed by atoms with E-state index in [1.54, 1.807) is 0 Å². The number of nitrogens with one attached hydrogen (secondary N) is 1. The summed E-state index contributed by atoms with van der Waals surface area (Å²) in [5.74, 6) is -0.251. The number of likely N-dealkylation sites (N-methyl/N-ethyl adjacent to an activating group) is 1. The molecule has 1 unspecified atom stereocenters. The van der Waals surface area contributed by atoms with Crippen molar-refractivity contribution in [3.05, 3.63) is 0 Å². The summed E-state index contributed by atoms with van der Waals surface area (Å²) in [5, 5.41) is 2.95. The molecule has 0 saturated heterocycles. The lowest BCUT2D eigenvalue weighted by molar-refractivity contribution is -0.124. The number of nitrogens with zero attached hydrogens (tertiary/aromatic N) is 1. The van der Waals surface area contributed by atoms with Crippen LogP contribution in [0.5, 0.6) is 0 Å². The summed E-state index contributed by atoms with van der Waals surface area (Å²) in [6, 6.07) is 0.688. The normalized spacial score (nSPS) is 17.9. The van der Waals surface area contributed by atoms with Crippen LogP contribution in [-0.2, 0) is 4.79 Å². The smallest absolute Gasteiger partial charge is 0.230 e. The second-order valence-corrected chi connectivity index (χ2v) is 6.31. The van der Waals surface area contributed by atoms with E-state index in [0.29, 0.717) is 12.6 Å². The van der Waals surface area contributed by atoms with Gasteiger partial charge in [0, 0.05) is 19.1 Å². The molecule has 0 aliphatic heterocycles. The van der Waals surface area contributed by atoms with Crippen molar-refractivity contribution in [3.63, 3.8) is 0 Å². The monoisotopic (exact) mass is 285 g/mol. The fourth-order valence-electron chi connectivity index (χ4n) is 2.75. The van der Waals surface area contributed by atoms with Gasteiger partial charge < -0.3 is 16.0 Å². The maximum Gasteiger partial charge on any atom is 0.230 e. The second-order valence-electron chi connectivity index (χ2n) is 5.83. The van der Waals surface area contributed by atoms with Crippen LogP contribution in [0.4, 0.5) is 0 Å². The average molecular weight is 285 g/mol. The molecule has 19 heavy (non-hydrogen) atoms. The minimum Gasteiger partial charge on any atom is -0.393 e. The van der Waals surface area contributed by atoms with Gasteiger partial charge in [0.25, 0.3) is 0 Å². The van der Waals surface area contributed by atoms with Gasteiger partial charge in [-0.3, -0.25) is 4.79 Å². The average Bonchev–Trinajstić information content (AvgIpc) is 2.80. The minimum atomic E-state index is -0.355. The third-order valence-electron chi connectivity index (χ3n) is 3.97. The van der Waals surface area contributed by atoms with Gasteiger partial charge in [0.1, 0.15) is 0 Å². The van der Waals surface area contributed by atoms with Gasteiger partial charge in [-0.05, 0) is 25.8 Å². The predicted molar refractivity (Wildman–Crippen MR) is 83.0 cm³/mol. The van der Waals surface area contributed by atoms with Crippen LogP contribution in [0.3, 0.4) is 0 Å². The number of amides is 1. The van der Waals surface area contributed by atoms with Crippen molar-refractivity contribution in [2.45, 2.75) is 45.6 Å². The maximum absolute atomic E-state index is 12.0. The van der Waals surface area contributed by atoms with Crippen molar-refractivity contribution in [1.82, 2.24) is 10.2 Å². The quantitative estimate of drug-likeness (QED) is 0.697. The van der Waals surface area contributed by atoms with Gasteiger partial charge in [-0.15, -0.1) is 0 Å². The Morgan fingerprint density at radius 1 is 1.42 bits per heavy atom. The number of thiocarbonyl (C=S) groups is 1. The molecule has 0 radical (unpaired) electrons. The zero-order chi connectivity index (χ0) is 14.4. The SMILES string of the molecule is CC(C)C(C(=O)NCCN(C)C1CCCC1)C(N)=S. The standard InChI is InChI=1S/C14H27N3OS/c1-10(2)12(13(15)19)14(18)16-8-9-17(3)11-6-4-5-7-11/h10-12H,4-9H2,1-3H3,(H2,15,19)(H,16,18). The van der Waals surface area contributed by atoms with Crippen molar-refractivity contribution < 1.29 is 4.79 Å².